The molecule has 14 heavy (non-hydrogen) atoms. The monoisotopic (exact) mass is 198 g/mol. The van der Waals surface area contributed by atoms with E-state index >= 15 is 0 Å². The van der Waals surface area contributed by atoms with Gasteiger partial charge in [-0.05, 0) is 20.8 Å². The molecule has 0 aliphatic rings. The highest BCUT2D eigenvalue weighted by Crippen LogP contribution is 2.01. The third-order valence-electron chi connectivity index (χ3n) is 2.05. The summed E-state index contributed by atoms with van der Waals surface area (Å²) in [7, 11) is 0. The second kappa shape index (κ2) is 7.81. The summed E-state index contributed by atoms with van der Waals surface area (Å²) in [4.78, 5) is 0. The molecular weight excluding hydrogens is 176 g/mol. The summed E-state index contributed by atoms with van der Waals surface area (Å²) < 4.78 is 5.37. The zero-order valence-corrected chi connectivity index (χ0v) is 9.52. The van der Waals surface area contributed by atoms with Crippen LogP contribution >= 0.6 is 0 Å². The Morgan fingerprint density at radius 2 is 2.21 bits per heavy atom. The number of rotatable bonds is 7. The van der Waals surface area contributed by atoms with Gasteiger partial charge in [0.15, 0.2) is 0 Å². The molecule has 0 bridgehead atoms. The Labute approximate surface area is 87.4 Å². The number of ether oxygens (including phenoxy) is 1. The van der Waals surface area contributed by atoms with Crippen LogP contribution in [0.4, 0.5) is 0 Å². The van der Waals surface area contributed by atoms with E-state index < -0.39 is 0 Å². The fourth-order valence-electron chi connectivity index (χ4n) is 1.06. The molecule has 1 atom stereocenters. The Hall–Kier alpha value is -0.560. The van der Waals surface area contributed by atoms with Crippen molar-refractivity contribution in [3.05, 3.63) is 0 Å². The van der Waals surface area contributed by atoms with Crippen LogP contribution in [0.2, 0.25) is 0 Å². The lowest BCUT2D eigenvalue weighted by Crippen LogP contribution is -2.52. The molecule has 3 nitrogen and oxygen atoms in total. The van der Waals surface area contributed by atoms with Crippen molar-refractivity contribution in [2.45, 2.75) is 32.7 Å². The second-order valence-corrected chi connectivity index (χ2v) is 3.51. The Morgan fingerprint density at radius 1 is 1.50 bits per heavy atom. The molecule has 3 N–H and O–H groups in total. The molecule has 0 amide bonds. The van der Waals surface area contributed by atoms with Gasteiger partial charge in [0.25, 0.3) is 0 Å². The molecule has 0 fully saturated rings. The zero-order chi connectivity index (χ0) is 10.9. The van der Waals surface area contributed by atoms with Crippen LogP contribution in [0.1, 0.15) is 27.2 Å². The highest BCUT2D eigenvalue weighted by atomic mass is 16.5. The minimum atomic E-state index is -0.120. The molecule has 0 saturated heterocycles. The lowest BCUT2D eigenvalue weighted by atomic mass is 10.0. The van der Waals surface area contributed by atoms with E-state index in [-0.39, 0.29) is 5.54 Å². The normalized spacial score (nSPS) is 14.3. The number of nitrogens with one attached hydrogen (secondary N) is 1. The van der Waals surface area contributed by atoms with Crippen LogP contribution < -0.4 is 11.1 Å². The lowest BCUT2D eigenvalue weighted by Gasteiger charge is -2.28. The minimum Gasteiger partial charge on any atom is -0.380 e. The molecule has 0 aromatic heterocycles. The first kappa shape index (κ1) is 13.4. The predicted molar refractivity (Wildman–Crippen MR) is 60.0 cm³/mol. The average molecular weight is 198 g/mol. The summed E-state index contributed by atoms with van der Waals surface area (Å²) in [6.07, 6.45) is 0.859. The number of hydrogen-bond acceptors (Lipinski definition) is 3. The van der Waals surface area contributed by atoms with E-state index in [1.807, 2.05) is 13.8 Å². The van der Waals surface area contributed by atoms with E-state index in [4.69, 9.17) is 10.5 Å². The maximum Gasteiger partial charge on any atom is 0.0657 e. The van der Waals surface area contributed by atoms with E-state index in [1.54, 1.807) is 0 Å². The molecule has 0 heterocycles. The van der Waals surface area contributed by atoms with Gasteiger partial charge in [-0.1, -0.05) is 0 Å². The first-order chi connectivity index (χ1) is 6.68. The van der Waals surface area contributed by atoms with Gasteiger partial charge in [-0.2, -0.15) is 0 Å². The Morgan fingerprint density at radius 3 is 2.71 bits per heavy atom. The molecule has 0 rings (SSSR count). The first-order valence-electron chi connectivity index (χ1n) is 5.11. The molecule has 0 aromatic rings. The lowest BCUT2D eigenvalue weighted by molar-refractivity contribution is 0.0880. The van der Waals surface area contributed by atoms with Gasteiger partial charge in [-0.3, -0.25) is 0 Å². The molecule has 82 valence electrons. The van der Waals surface area contributed by atoms with Crippen LogP contribution in [0.5, 0.6) is 0 Å². The highest BCUT2D eigenvalue weighted by molar-refractivity contribution is 4.96. The van der Waals surface area contributed by atoms with Gasteiger partial charge in [-0.25, -0.2) is 0 Å². The standard InChI is InChI=1S/C11H22N2O/c1-4-6-7-8-13-11(3,9-12)10-14-5-2/h13H,5,7-10,12H2,1-3H3. The van der Waals surface area contributed by atoms with Crippen molar-refractivity contribution in [1.82, 2.24) is 5.32 Å². The maximum absolute atomic E-state index is 5.68. The van der Waals surface area contributed by atoms with Gasteiger partial charge in [0.2, 0.25) is 0 Å². The van der Waals surface area contributed by atoms with Crippen LogP contribution in [-0.2, 0) is 4.74 Å². The van der Waals surface area contributed by atoms with E-state index in [0.717, 1.165) is 19.6 Å². The van der Waals surface area contributed by atoms with Crippen LogP contribution in [0.25, 0.3) is 0 Å². The van der Waals surface area contributed by atoms with E-state index in [2.05, 4.69) is 24.1 Å². The Balaban J connectivity index is 3.77. The van der Waals surface area contributed by atoms with E-state index in [0.29, 0.717) is 13.2 Å². The number of nitrogens with two attached hydrogens (primary N) is 1. The topological polar surface area (TPSA) is 47.3 Å². The fourth-order valence-corrected chi connectivity index (χ4v) is 1.06. The molecule has 0 aliphatic carbocycles. The summed E-state index contributed by atoms with van der Waals surface area (Å²) in [5.41, 5.74) is 5.56. The summed E-state index contributed by atoms with van der Waals surface area (Å²) in [5.74, 6) is 5.87. The van der Waals surface area contributed by atoms with Crippen molar-refractivity contribution >= 4 is 0 Å². The van der Waals surface area contributed by atoms with Gasteiger partial charge in [-0.15, -0.1) is 11.8 Å². The van der Waals surface area contributed by atoms with Crippen molar-refractivity contribution in [1.29, 1.82) is 0 Å². The summed E-state index contributed by atoms with van der Waals surface area (Å²) >= 11 is 0. The maximum atomic E-state index is 5.68. The largest absolute Gasteiger partial charge is 0.380 e. The third kappa shape index (κ3) is 5.98. The van der Waals surface area contributed by atoms with Crippen molar-refractivity contribution in [2.24, 2.45) is 5.73 Å². The minimum absolute atomic E-state index is 0.120. The fraction of sp³-hybridized carbons (Fsp3) is 0.818. The van der Waals surface area contributed by atoms with Crippen molar-refractivity contribution in [2.75, 3.05) is 26.3 Å². The Kier molecular flexibility index (Phi) is 7.50. The van der Waals surface area contributed by atoms with Crippen molar-refractivity contribution in [3.63, 3.8) is 0 Å². The van der Waals surface area contributed by atoms with Gasteiger partial charge in [0.05, 0.1) is 12.1 Å². The molecule has 3 heteroatoms. The van der Waals surface area contributed by atoms with E-state index in [1.165, 1.54) is 0 Å². The van der Waals surface area contributed by atoms with Gasteiger partial charge in [0, 0.05) is 26.1 Å². The highest BCUT2D eigenvalue weighted by Gasteiger charge is 2.20. The second-order valence-electron chi connectivity index (χ2n) is 3.51. The van der Waals surface area contributed by atoms with Crippen molar-refractivity contribution in [3.8, 4) is 11.8 Å². The SMILES string of the molecule is CC#CCCNC(C)(CN)COCC. The van der Waals surface area contributed by atoms with Crippen molar-refractivity contribution < 1.29 is 4.74 Å². The van der Waals surface area contributed by atoms with Crippen LogP contribution in [0.15, 0.2) is 0 Å². The zero-order valence-electron chi connectivity index (χ0n) is 9.52. The quantitative estimate of drug-likeness (QED) is 0.468. The summed E-state index contributed by atoms with van der Waals surface area (Å²) in [5, 5.41) is 3.36. The van der Waals surface area contributed by atoms with Gasteiger partial charge >= 0.3 is 0 Å². The average Bonchev–Trinajstić information content (AvgIpc) is 2.22. The molecule has 1 unspecified atom stereocenters. The smallest absolute Gasteiger partial charge is 0.0657 e. The molecule has 0 radical (unpaired) electrons. The van der Waals surface area contributed by atoms with Gasteiger partial charge in [0.1, 0.15) is 0 Å². The number of hydrogen-bond donors (Lipinski definition) is 2. The summed E-state index contributed by atoms with van der Waals surface area (Å²) in [6.45, 7) is 8.73. The Bertz CT molecular complexity index is 195. The first-order valence-corrected chi connectivity index (χ1v) is 5.11. The van der Waals surface area contributed by atoms with Crippen LogP contribution in [0.3, 0.4) is 0 Å². The van der Waals surface area contributed by atoms with Gasteiger partial charge < -0.3 is 15.8 Å². The third-order valence-corrected chi connectivity index (χ3v) is 2.05. The summed E-state index contributed by atoms with van der Waals surface area (Å²) in [6, 6.07) is 0. The molecular formula is C11H22N2O. The molecule has 0 saturated carbocycles. The molecule has 0 aromatic carbocycles. The van der Waals surface area contributed by atoms with E-state index in [9.17, 15) is 0 Å². The van der Waals surface area contributed by atoms with Crippen LogP contribution in [0, 0.1) is 11.8 Å². The van der Waals surface area contributed by atoms with Crippen LogP contribution in [-0.4, -0.2) is 31.8 Å². The molecule has 0 spiro atoms. The molecule has 0 aliphatic heterocycles. The predicted octanol–water partition coefficient (Wildman–Crippen LogP) is 0.743.